The van der Waals surface area contributed by atoms with Crippen LogP contribution in [0.4, 0.5) is 0 Å². The predicted molar refractivity (Wildman–Crippen MR) is 122 cm³/mol. The van der Waals surface area contributed by atoms with Gasteiger partial charge in [0.2, 0.25) is 0 Å². The molecule has 6 nitrogen and oxygen atoms in total. The van der Waals surface area contributed by atoms with Gasteiger partial charge in [-0.25, -0.2) is 0 Å². The zero-order valence-electron chi connectivity index (χ0n) is 18.3. The minimum Gasteiger partial charge on any atom is -0.497 e. The molecular formula is C25H29N3O3. The second-order valence-electron chi connectivity index (χ2n) is 8.07. The summed E-state index contributed by atoms with van der Waals surface area (Å²) in [6.07, 6.45) is 4.93. The number of hydrogen-bond donors (Lipinski definition) is 2. The van der Waals surface area contributed by atoms with Crippen molar-refractivity contribution in [1.82, 2.24) is 15.6 Å². The second-order valence-corrected chi connectivity index (χ2v) is 8.07. The molecule has 1 aliphatic heterocycles. The van der Waals surface area contributed by atoms with Gasteiger partial charge < -0.3 is 20.1 Å². The summed E-state index contributed by atoms with van der Waals surface area (Å²) in [4.78, 5) is 17.5. The molecule has 2 fully saturated rings. The Morgan fingerprint density at radius 2 is 1.77 bits per heavy atom. The van der Waals surface area contributed by atoms with Crippen LogP contribution in [0.15, 0.2) is 48.7 Å². The Labute approximate surface area is 183 Å². The fraction of sp³-hybridized carbons (Fsp3) is 0.360. The van der Waals surface area contributed by atoms with Gasteiger partial charge in [0.15, 0.2) is 0 Å². The number of aryl methyl sites for hydroxylation is 1. The number of pyridine rings is 1. The molecule has 0 spiro atoms. The van der Waals surface area contributed by atoms with Crippen molar-refractivity contribution in [3.63, 3.8) is 0 Å². The second kappa shape index (κ2) is 8.94. The maximum absolute atomic E-state index is 13.0. The minimum atomic E-state index is -0.386. The Balaban J connectivity index is 0.000000520. The topological polar surface area (TPSA) is 72.5 Å². The van der Waals surface area contributed by atoms with Gasteiger partial charge in [-0.1, -0.05) is 12.1 Å². The number of amides is 1. The number of benzene rings is 2. The molecule has 2 aliphatic rings. The zero-order valence-corrected chi connectivity index (χ0v) is 18.3. The lowest BCUT2D eigenvalue weighted by Gasteiger charge is -2.21. The summed E-state index contributed by atoms with van der Waals surface area (Å²) < 4.78 is 10.7. The van der Waals surface area contributed by atoms with Crippen LogP contribution in [0.25, 0.3) is 10.9 Å². The number of nitrogens with one attached hydrogen (secondary N) is 2. The largest absolute Gasteiger partial charge is 0.497 e. The fourth-order valence-corrected chi connectivity index (χ4v) is 3.69. The Hall–Kier alpha value is -3.12. The Kier molecular flexibility index (Phi) is 6.09. The van der Waals surface area contributed by atoms with E-state index in [2.05, 4.69) is 15.6 Å². The summed E-state index contributed by atoms with van der Waals surface area (Å²) in [7, 11) is 3.25. The number of carbonyl (C=O) groups excluding carboxylic acids is 1. The third kappa shape index (κ3) is 4.49. The molecular weight excluding hydrogens is 390 g/mol. The molecule has 2 aromatic carbocycles. The van der Waals surface area contributed by atoms with Gasteiger partial charge in [-0.3, -0.25) is 9.78 Å². The van der Waals surface area contributed by atoms with Crippen molar-refractivity contribution in [2.75, 3.05) is 27.3 Å². The van der Waals surface area contributed by atoms with Crippen molar-refractivity contribution in [3.05, 3.63) is 65.4 Å². The first-order chi connectivity index (χ1) is 15.1. The third-order valence-corrected chi connectivity index (χ3v) is 5.94. The predicted octanol–water partition coefficient (Wildman–Crippen LogP) is 3.96. The summed E-state index contributed by atoms with van der Waals surface area (Å²) in [5.74, 6) is 1.32. The first-order valence-corrected chi connectivity index (χ1v) is 10.7. The molecule has 1 aromatic heterocycles. The Morgan fingerprint density at radius 1 is 1.06 bits per heavy atom. The Bertz CT molecular complexity index is 1080. The summed E-state index contributed by atoms with van der Waals surface area (Å²) in [6.45, 7) is 4.43. The molecule has 5 rings (SSSR count). The molecule has 162 valence electrons. The lowest BCUT2D eigenvalue weighted by atomic mass is 9.97. The molecule has 0 atom stereocenters. The molecule has 2 N–H and O–H groups in total. The van der Waals surface area contributed by atoms with E-state index in [9.17, 15) is 4.79 Å². The fourth-order valence-electron chi connectivity index (χ4n) is 3.69. The lowest BCUT2D eigenvalue weighted by molar-refractivity contribution is 0.0930. The third-order valence-electron chi connectivity index (χ3n) is 5.94. The van der Waals surface area contributed by atoms with Crippen LogP contribution in [0.5, 0.6) is 11.5 Å². The molecule has 31 heavy (non-hydrogen) atoms. The molecule has 0 unspecified atom stereocenters. The maximum Gasteiger partial charge on any atom is 0.252 e. The lowest BCUT2D eigenvalue weighted by Crippen LogP contribution is -2.35. The van der Waals surface area contributed by atoms with Gasteiger partial charge in [0.25, 0.3) is 5.91 Å². The summed E-state index contributed by atoms with van der Waals surface area (Å²) in [5, 5.41) is 7.41. The van der Waals surface area contributed by atoms with Crippen LogP contribution in [0.3, 0.4) is 0 Å². The number of ether oxygens (including phenoxy) is 2. The summed E-state index contributed by atoms with van der Waals surface area (Å²) in [6, 6.07) is 13.4. The van der Waals surface area contributed by atoms with E-state index in [1.165, 1.54) is 19.5 Å². The molecule has 1 saturated heterocycles. The average Bonchev–Trinajstić information content (AvgIpc) is 3.52. The summed E-state index contributed by atoms with van der Waals surface area (Å²) in [5.41, 5.74) is 3.08. The first-order valence-electron chi connectivity index (χ1n) is 10.7. The number of nitrogens with zero attached hydrogens (tertiary/aromatic N) is 1. The van der Waals surface area contributed by atoms with E-state index in [4.69, 9.17) is 9.47 Å². The van der Waals surface area contributed by atoms with E-state index in [0.717, 1.165) is 40.6 Å². The standard InChI is InChI=1S/C22H22N2O3.C3H7N/c1-14-6-7-15(26-2)11-18(14)21(25)24-22(8-9-22)19-12-16(27-3)13-20-17(19)5-4-10-23-20;1-2-4-3-1/h4-7,10-13H,8-9H2,1-3H3,(H,24,25);4H,1-3H2. The molecule has 1 amide bonds. The normalized spacial score (nSPS) is 15.8. The molecule has 1 saturated carbocycles. The van der Waals surface area contributed by atoms with Crippen molar-refractivity contribution in [2.45, 2.75) is 31.7 Å². The zero-order chi connectivity index (χ0) is 21.8. The maximum atomic E-state index is 13.0. The smallest absolute Gasteiger partial charge is 0.252 e. The van der Waals surface area contributed by atoms with E-state index in [-0.39, 0.29) is 11.4 Å². The molecule has 1 aliphatic carbocycles. The van der Waals surface area contributed by atoms with Crippen molar-refractivity contribution in [2.24, 2.45) is 0 Å². The molecule has 0 radical (unpaired) electrons. The number of rotatable bonds is 5. The molecule has 3 aromatic rings. The number of methoxy groups -OCH3 is 2. The highest BCUT2D eigenvalue weighted by Gasteiger charge is 2.47. The summed E-state index contributed by atoms with van der Waals surface area (Å²) >= 11 is 0. The van der Waals surface area contributed by atoms with Crippen LogP contribution >= 0.6 is 0 Å². The van der Waals surface area contributed by atoms with Crippen molar-refractivity contribution in [3.8, 4) is 11.5 Å². The van der Waals surface area contributed by atoms with E-state index >= 15 is 0 Å². The minimum absolute atomic E-state index is 0.0937. The van der Waals surface area contributed by atoms with Gasteiger partial charge in [-0.2, -0.15) is 0 Å². The van der Waals surface area contributed by atoms with Crippen LogP contribution in [0.2, 0.25) is 0 Å². The average molecular weight is 420 g/mol. The van der Waals surface area contributed by atoms with Crippen LogP contribution < -0.4 is 20.1 Å². The number of carbonyl (C=O) groups is 1. The van der Waals surface area contributed by atoms with Gasteiger partial charge in [0.1, 0.15) is 11.5 Å². The van der Waals surface area contributed by atoms with Crippen LogP contribution in [-0.4, -0.2) is 38.2 Å². The Morgan fingerprint density at radius 3 is 2.39 bits per heavy atom. The van der Waals surface area contributed by atoms with Gasteiger partial charge in [-0.15, -0.1) is 0 Å². The number of fused-ring (bicyclic) bond motifs is 1. The SMILES string of the molecule is C1CNC1.COc1ccc(C)c(C(=O)NC2(c3cc(OC)cc4ncccc34)CC2)c1. The molecule has 6 heteroatoms. The van der Waals surface area contributed by atoms with Crippen LogP contribution in [0, 0.1) is 6.92 Å². The van der Waals surface area contributed by atoms with Crippen molar-refractivity contribution < 1.29 is 14.3 Å². The van der Waals surface area contributed by atoms with E-state index < -0.39 is 0 Å². The van der Waals surface area contributed by atoms with Crippen LogP contribution in [-0.2, 0) is 5.54 Å². The van der Waals surface area contributed by atoms with Gasteiger partial charge >= 0.3 is 0 Å². The first kappa shape index (κ1) is 21.1. The monoisotopic (exact) mass is 419 g/mol. The van der Waals surface area contributed by atoms with Gasteiger partial charge in [0, 0.05) is 23.2 Å². The van der Waals surface area contributed by atoms with E-state index in [1.54, 1.807) is 26.5 Å². The quantitative estimate of drug-likeness (QED) is 0.655. The van der Waals surface area contributed by atoms with Gasteiger partial charge in [-0.05, 0) is 74.7 Å². The van der Waals surface area contributed by atoms with Crippen molar-refractivity contribution in [1.29, 1.82) is 0 Å². The van der Waals surface area contributed by atoms with Gasteiger partial charge in [0.05, 0.1) is 25.3 Å². The molecule has 2 heterocycles. The van der Waals surface area contributed by atoms with E-state index in [1.807, 2.05) is 43.3 Å². The highest BCUT2D eigenvalue weighted by Crippen LogP contribution is 2.49. The molecule has 0 bridgehead atoms. The van der Waals surface area contributed by atoms with Crippen molar-refractivity contribution >= 4 is 16.8 Å². The highest BCUT2D eigenvalue weighted by molar-refractivity contribution is 5.97. The highest BCUT2D eigenvalue weighted by atomic mass is 16.5. The number of hydrogen-bond acceptors (Lipinski definition) is 5. The van der Waals surface area contributed by atoms with E-state index in [0.29, 0.717) is 11.3 Å². The van der Waals surface area contributed by atoms with Crippen LogP contribution in [0.1, 0.15) is 40.7 Å². The number of aromatic nitrogens is 1.